The van der Waals surface area contributed by atoms with Crippen LogP contribution in [0.25, 0.3) is 0 Å². The predicted molar refractivity (Wildman–Crippen MR) is 64.3 cm³/mol. The number of nitrogens with zero attached hydrogens (tertiary/aromatic N) is 1. The Kier molecular flexibility index (Phi) is 4.86. The van der Waals surface area contributed by atoms with Gasteiger partial charge in [-0.05, 0) is 31.6 Å². The van der Waals surface area contributed by atoms with Gasteiger partial charge in [-0.2, -0.15) is 0 Å². The highest BCUT2D eigenvalue weighted by molar-refractivity contribution is 4.97. The second-order valence-electron chi connectivity index (χ2n) is 4.20. The molecule has 0 aliphatic carbocycles. The van der Waals surface area contributed by atoms with Crippen LogP contribution in [-0.2, 0) is 6.54 Å². The first-order chi connectivity index (χ1) is 7.95. The molecule has 2 heterocycles. The Morgan fingerprint density at radius 3 is 3.00 bits per heavy atom. The summed E-state index contributed by atoms with van der Waals surface area (Å²) >= 11 is 0. The van der Waals surface area contributed by atoms with Crippen LogP contribution < -0.4 is 10.6 Å². The van der Waals surface area contributed by atoms with Crippen molar-refractivity contribution in [2.45, 2.75) is 13.0 Å². The van der Waals surface area contributed by atoms with Crippen molar-refractivity contribution < 1.29 is 4.42 Å². The molecule has 0 radical (unpaired) electrons. The lowest BCUT2D eigenvalue weighted by Crippen LogP contribution is -2.44. The van der Waals surface area contributed by atoms with Gasteiger partial charge >= 0.3 is 0 Å². The van der Waals surface area contributed by atoms with Crippen molar-refractivity contribution >= 4 is 0 Å². The Morgan fingerprint density at radius 2 is 2.25 bits per heavy atom. The van der Waals surface area contributed by atoms with E-state index < -0.39 is 0 Å². The predicted octanol–water partition coefficient (Wildman–Crippen LogP) is 0.665. The number of nitrogens with one attached hydrogen (secondary N) is 2. The molecule has 0 spiro atoms. The third-order valence-electron chi connectivity index (χ3n) is 2.92. The molecule has 2 rings (SSSR count). The van der Waals surface area contributed by atoms with Crippen molar-refractivity contribution in [3.05, 3.63) is 24.2 Å². The molecule has 0 atom stereocenters. The van der Waals surface area contributed by atoms with Crippen molar-refractivity contribution in [1.29, 1.82) is 0 Å². The summed E-state index contributed by atoms with van der Waals surface area (Å²) in [4.78, 5) is 2.52. The zero-order valence-electron chi connectivity index (χ0n) is 9.74. The molecular weight excluding hydrogens is 202 g/mol. The van der Waals surface area contributed by atoms with Crippen LogP contribution in [0.5, 0.6) is 0 Å². The summed E-state index contributed by atoms with van der Waals surface area (Å²) in [6.07, 6.45) is 2.93. The zero-order valence-corrected chi connectivity index (χ0v) is 9.74. The molecule has 0 unspecified atom stereocenters. The molecule has 90 valence electrons. The van der Waals surface area contributed by atoms with E-state index in [-0.39, 0.29) is 0 Å². The fraction of sp³-hybridized carbons (Fsp3) is 0.667. The largest absolute Gasteiger partial charge is 0.468 e. The summed E-state index contributed by atoms with van der Waals surface area (Å²) in [6, 6.07) is 3.93. The monoisotopic (exact) mass is 223 g/mol. The maximum Gasteiger partial charge on any atom is 0.117 e. The van der Waals surface area contributed by atoms with Crippen molar-refractivity contribution in [3.63, 3.8) is 0 Å². The molecule has 0 bridgehead atoms. The first kappa shape index (κ1) is 11.6. The molecule has 4 nitrogen and oxygen atoms in total. The van der Waals surface area contributed by atoms with E-state index in [1.807, 2.05) is 12.1 Å². The SMILES string of the molecule is c1coc(CNCCCN2CCNCC2)c1. The van der Waals surface area contributed by atoms with Crippen LogP contribution in [0, 0.1) is 0 Å². The molecule has 1 aromatic rings. The van der Waals surface area contributed by atoms with Gasteiger partial charge in [0.15, 0.2) is 0 Å². The summed E-state index contributed by atoms with van der Waals surface area (Å²) in [5.74, 6) is 1.02. The van der Waals surface area contributed by atoms with Gasteiger partial charge in [-0.15, -0.1) is 0 Å². The van der Waals surface area contributed by atoms with Crippen LogP contribution in [-0.4, -0.2) is 44.2 Å². The van der Waals surface area contributed by atoms with E-state index in [9.17, 15) is 0 Å². The minimum absolute atomic E-state index is 0.842. The summed E-state index contributed by atoms with van der Waals surface area (Å²) in [7, 11) is 0. The van der Waals surface area contributed by atoms with Crippen LogP contribution in [0.4, 0.5) is 0 Å². The van der Waals surface area contributed by atoms with Gasteiger partial charge in [0.25, 0.3) is 0 Å². The number of furan rings is 1. The second kappa shape index (κ2) is 6.68. The Bertz CT molecular complexity index is 268. The normalized spacial score (nSPS) is 17.8. The molecule has 0 aromatic carbocycles. The standard InChI is InChI=1S/C12H21N3O/c1-3-12(16-10-1)11-14-4-2-7-15-8-5-13-6-9-15/h1,3,10,13-14H,2,4-9,11H2. The van der Waals surface area contributed by atoms with Crippen molar-refractivity contribution in [2.24, 2.45) is 0 Å². The quantitative estimate of drug-likeness (QED) is 0.695. The Morgan fingerprint density at radius 1 is 1.38 bits per heavy atom. The Balaban J connectivity index is 1.48. The summed E-state index contributed by atoms with van der Waals surface area (Å²) in [6.45, 7) is 7.77. The van der Waals surface area contributed by atoms with Crippen LogP contribution in [0.15, 0.2) is 22.8 Å². The van der Waals surface area contributed by atoms with Gasteiger partial charge in [0, 0.05) is 26.2 Å². The van der Waals surface area contributed by atoms with E-state index >= 15 is 0 Å². The van der Waals surface area contributed by atoms with Gasteiger partial charge in [-0.1, -0.05) is 0 Å². The highest BCUT2D eigenvalue weighted by atomic mass is 16.3. The maximum atomic E-state index is 5.25. The van der Waals surface area contributed by atoms with Gasteiger partial charge in [-0.3, -0.25) is 0 Å². The lowest BCUT2D eigenvalue weighted by molar-refractivity contribution is 0.237. The van der Waals surface area contributed by atoms with E-state index in [1.165, 1.54) is 26.1 Å². The molecule has 0 saturated carbocycles. The minimum atomic E-state index is 0.842. The van der Waals surface area contributed by atoms with Crippen molar-refractivity contribution in [2.75, 3.05) is 39.3 Å². The van der Waals surface area contributed by atoms with E-state index in [0.717, 1.165) is 31.9 Å². The molecule has 1 aromatic heterocycles. The molecule has 1 aliphatic heterocycles. The van der Waals surface area contributed by atoms with Gasteiger partial charge < -0.3 is 20.0 Å². The third-order valence-corrected chi connectivity index (χ3v) is 2.92. The molecule has 1 fully saturated rings. The third kappa shape index (κ3) is 3.96. The fourth-order valence-electron chi connectivity index (χ4n) is 1.99. The van der Waals surface area contributed by atoms with Crippen LogP contribution in [0.3, 0.4) is 0 Å². The smallest absolute Gasteiger partial charge is 0.117 e. The Hall–Kier alpha value is -0.840. The molecule has 0 amide bonds. The number of rotatable bonds is 6. The average Bonchev–Trinajstić information content (AvgIpc) is 2.83. The van der Waals surface area contributed by atoms with Crippen molar-refractivity contribution in [3.8, 4) is 0 Å². The van der Waals surface area contributed by atoms with E-state index in [0.29, 0.717) is 0 Å². The molecule has 1 saturated heterocycles. The topological polar surface area (TPSA) is 40.4 Å². The van der Waals surface area contributed by atoms with Crippen LogP contribution in [0.1, 0.15) is 12.2 Å². The summed E-state index contributed by atoms with van der Waals surface area (Å²) < 4.78 is 5.25. The van der Waals surface area contributed by atoms with Crippen molar-refractivity contribution in [1.82, 2.24) is 15.5 Å². The second-order valence-corrected chi connectivity index (χ2v) is 4.20. The first-order valence-electron chi connectivity index (χ1n) is 6.11. The van der Waals surface area contributed by atoms with E-state index in [1.54, 1.807) is 6.26 Å². The van der Waals surface area contributed by atoms with E-state index in [2.05, 4.69) is 15.5 Å². The number of piperazine rings is 1. The lowest BCUT2D eigenvalue weighted by atomic mass is 10.3. The van der Waals surface area contributed by atoms with Crippen LogP contribution in [0.2, 0.25) is 0 Å². The molecule has 1 aliphatic rings. The zero-order chi connectivity index (χ0) is 11.1. The van der Waals surface area contributed by atoms with Gasteiger partial charge in [-0.25, -0.2) is 0 Å². The molecule has 16 heavy (non-hydrogen) atoms. The summed E-state index contributed by atoms with van der Waals surface area (Å²) in [5, 5.41) is 6.76. The maximum absolute atomic E-state index is 5.25. The number of hydrogen-bond donors (Lipinski definition) is 2. The summed E-state index contributed by atoms with van der Waals surface area (Å²) in [5.41, 5.74) is 0. The minimum Gasteiger partial charge on any atom is -0.468 e. The van der Waals surface area contributed by atoms with Gasteiger partial charge in [0.05, 0.1) is 12.8 Å². The van der Waals surface area contributed by atoms with Gasteiger partial charge in [0.1, 0.15) is 5.76 Å². The van der Waals surface area contributed by atoms with Crippen LogP contribution >= 0.6 is 0 Å². The fourth-order valence-corrected chi connectivity index (χ4v) is 1.99. The Labute approximate surface area is 97.0 Å². The first-order valence-corrected chi connectivity index (χ1v) is 6.11. The lowest BCUT2D eigenvalue weighted by Gasteiger charge is -2.27. The van der Waals surface area contributed by atoms with E-state index in [4.69, 9.17) is 4.42 Å². The highest BCUT2D eigenvalue weighted by Crippen LogP contribution is 1.98. The average molecular weight is 223 g/mol. The highest BCUT2D eigenvalue weighted by Gasteiger charge is 2.07. The molecule has 4 heteroatoms. The molecule has 2 N–H and O–H groups in total. The molecular formula is C12H21N3O. The number of hydrogen-bond acceptors (Lipinski definition) is 4. The van der Waals surface area contributed by atoms with Gasteiger partial charge in [0.2, 0.25) is 0 Å².